The fourth-order valence-corrected chi connectivity index (χ4v) is 2.21. The van der Waals surface area contributed by atoms with Crippen LogP contribution in [0.15, 0.2) is 40.9 Å². The van der Waals surface area contributed by atoms with Gasteiger partial charge in [-0.25, -0.2) is 18.7 Å². The van der Waals surface area contributed by atoms with Gasteiger partial charge in [-0.1, -0.05) is 22.0 Å². The zero-order valence-corrected chi connectivity index (χ0v) is 11.5. The number of carboxylic acids is 1. The quantitative estimate of drug-likeness (QED) is 0.781. The van der Waals surface area contributed by atoms with Crippen LogP contribution in [0.4, 0.5) is 4.39 Å². The van der Waals surface area contributed by atoms with Crippen molar-refractivity contribution in [3.8, 4) is 11.4 Å². The number of benzene rings is 1. The Morgan fingerprint density at radius 3 is 2.85 bits per heavy atom. The monoisotopic (exact) mass is 335 g/mol. The summed E-state index contributed by atoms with van der Waals surface area (Å²) in [4.78, 5) is 15.3. The van der Waals surface area contributed by atoms with Gasteiger partial charge in [0.15, 0.2) is 17.2 Å². The molecular formula is C13H7BrFN3O2. The van der Waals surface area contributed by atoms with Crippen LogP contribution in [0.3, 0.4) is 0 Å². The summed E-state index contributed by atoms with van der Waals surface area (Å²) in [6.45, 7) is 0. The molecule has 0 bridgehead atoms. The highest BCUT2D eigenvalue weighted by molar-refractivity contribution is 9.10. The molecule has 0 aliphatic heterocycles. The summed E-state index contributed by atoms with van der Waals surface area (Å²) in [5.41, 5.74) is 0.523. The van der Waals surface area contributed by atoms with Gasteiger partial charge in [0.2, 0.25) is 0 Å². The van der Waals surface area contributed by atoms with E-state index >= 15 is 0 Å². The summed E-state index contributed by atoms with van der Waals surface area (Å²) < 4.78 is 15.7. The fraction of sp³-hybridized carbons (Fsp3) is 0. The van der Waals surface area contributed by atoms with Crippen LogP contribution in [-0.4, -0.2) is 25.7 Å². The highest BCUT2D eigenvalue weighted by atomic mass is 79.9. The molecule has 0 saturated carbocycles. The molecule has 0 amide bonds. The van der Waals surface area contributed by atoms with Crippen molar-refractivity contribution in [2.24, 2.45) is 0 Å². The third-order valence-electron chi connectivity index (χ3n) is 2.75. The van der Waals surface area contributed by atoms with Crippen molar-refractivity contribution in [2.45, 2.75) is 0 Å². The molecule has 1 N–H and O–H groups in total. The van der Waals surface area contributed by atoms with E-state index in [1.165, 1.54) is 16.6 Å². The lowest BCUT2D eigenvalue weighted by Gasteiger charge is -1.98. The second kappa shape index (κ2) is 4.68. The number of carboxylic acid groups (broad SMARTS) is 1. The first-order valence-corrected chi connectivity index (χ1v) is 6.40. The molecule has 3 rings (SSSR count). The van der Waals surface area contributed by atoms with Gasteiger partial charge in [0, 0.05) is 4.47 Å². The van der Waals surface area contributed by atoms with E-state index < -0.39 is 11.8 Å². The maximum atomic E-state index is 13.8. The van der Waals surface area contributed by atoms with Gasteiger partial charge < -0.3 is 5.11 Å². The fourth-order valence-electron chi connectivity index (χ4n) is 1.85. The number of halogens is 2. The number of aromatic nitrogens is 3. The SMILES string of the molecule is O=C(O)c1cccc2nc(-c3cc(Br)ccc3F)nn12. The molecular weight excluding hydrogens is 329 g/mol. The van der Waals surface area contributed by atoms with Crippen LogP contribution in [0.2, 0.25) is 0 Å². The lowest BCUT2D eigenvalue weighted by Crippen LogP contribution is -2.05. The summed E-state index contributed by atoms with van der Waals surface area (Å²) >= 11 is 3.25. The number of hydrogen-bond donors (Lipinski definition) is 1. The highest BCUT2D eigenvalue weighted by Crippen LogP contribution is 2.24. The molecule has 2 heterocycles. The maximum Gasteiger partial charge on any atom is 0.354 e. The van der Waals surface area contributed by atoms with Crippen LogP contribution < -0.4 is 0 Å². The number of carbonyl (C=O) groups is 1. The average molecular weight is 336 g/mol. The van der Waals surface area contributed by atoms with E-state index in [9.17, 15) is 9.18 Å². The number of hydrogen-bond acceptors (Lipinski definition) is 3. The van der Waals surface area contributed by atoms with E-state index in [1.54, 1.807) is 24.3 Å². The molecule has 5 nitrogen and oxygen atoms in total. The smallest absolute Gasteiger partial charge is 0.354 e. The Balaban J connectivity index is 2.26. The molecule has 20 heavy (non-hydrogen) atoms. The zero-order chi connectivity index (χ0) is 14.3. The third-order valence-corrected chi connectivity index (χ3v) is 3.24. The summed E-state index contributed by atoms with van der Waals surface area (Å²) in [5.74, 6) is -1.46. The Kier molecular flexibility index (Phi) is 2.98. The van der Waals surface area contributed by atoms with Crippen LogP contribution >= 0.6 is 15.9 Å². The number of aromatic carboxylic acids is 1. The van der Waals surface area contributed by atoms with Crippen LogP contribution in [0.1, 0.15) is 10.5 Å². The van der Waals surface area contributed by atoms with Crippen molar-refractivity contribution in [1.82, 2.24) is 14.6 Å². The molecule has 0 aliphatic rings. The summed E-state index contributed by atoms with van der Waals surface area (Å²) in [6, 6.07) is 8.99. The molecule has 0 aliphatic carbocycles. The molecule has 3 aromatic rings. The van der Waals surface area contributed by atoms with Crippen molar-refractivity contribution >= 4 is 27.5 Å². The first-order chi connectivity index (χ1) is 9.56. The molecule has 100 valence electrons. The van der Waals surface area contributed by atoms with Crippen molar-refractivity contribution in [3.05, 3.63) is 52.4 Å². The van der Waals surface area contributed by atoms with Crippen LogP contribution in [0.25, 0.3) is 17.0 Å². The van der Waals surface area contributed by atoms with Gasteiger partial charge in [-0.2, -0.15) is 0 Å². The van der Waals surface area contributed by atoms with Gasteiger partial charge >= 0.3 is 5.97 Å². The molecule has 0 saturated heterocycles. The second-order valence-corrected chi connectivity index (χ2v) is 4.96. The maximum absolute atomic E-state index is 13.8. The summed E-state index contributed by atoms with van der Waals surface area (Å²) in [7, 11) is 0. The first-order valence-electron chi connectivity index (χ1n) is 5.61. The predicted molar refractivity (Wildman–Crippen MR) is 73.0 cm³/mol. The predicted octanol–water partition coefficient (Wildman–Crippen LogP) is 3.00. The Labute approximate surface area is 120 Å². The molecule has 0 spiro atoms. The largest absolute Gasteiger partial charge is 0.477 e. The molecule has 0 unspecified atom stereocenters. The van der Waals surface area contributed by atoms with Crippen LogP contribution in [0, 0.1) is 5.82 Å². The minimum Gasteiger partial charge on any atom is -0.477 e. The van der Waals surface area contributed by atoms with E-state index in [-0.39, 0.29) is 17.1 Å². The van der Waals surface area contributed by atoms with Gasteiger partial charge in [-0.15, -0.1) is 5.10 Å². The van der Waals surface area contributed by atoms with E-state index in [4.69, 9.17) is 5.11 Å². The van der Waals surface area contributed by atoms with Crippen molar-refractivity contribution in [2.75, 3.05) is 0 Å². The lowest BCUT2D eigenvalue weighted by atomic mass is 10.2. The van der Waals surface area contributed by atoms with Crippen molar-refractivity contribution < 1.29 is 14.3 Å². The first kappa shape index (κ1) is 12.7. The Morgan fingerprint density at radius 2 is 2.10 bits per heavy atom. The van der Waals surface area contributed by atoms with Crippen LogP contribution in [0.5, 0.6) is 0 Å². The minimum absolute atomic E-state index is 0.0309. The lowest BCUT2D eigenvalue weighted by molar-refractivity contribution is 0.0687. The highest BCUT2D eigenvalue weighted by Gasteiger charge is 2.15. The van der Waals surface area contributed by atoms with Gasteiger partial charge in [0.1, 0.15) is 5.82 Å². The number of nitrogens with zero attached hydrogens (tertiary/aromatic N) is 3. The van der Waals surface area contributed by atoms with E-state index in [1.807, 2.05) is 0 Å². The average Bonchev–Trinajstić information content (AvgIpc) is 2.84. The summed E-state index contributed by atoms with van der Waals surface area (Å²) in [6.07, 6.45) is 0. The van der Waals surface area contributed by atoms with Gasteiger partial charge in [0.05, 0.1) is 5.56 Å². The van der Waals surface area contributed by atoms with E-state index in [0.29, 0.717) is 10.1 Å². The Hall–Kier alpha value is -2.28. The molecule has 0 atom stereocenters. The molecule has 7 heteroatoms. The number of pyridine rings is 1. The number of fused-ring (bicyclic) bond motifs is 1. The zero-order valence-electron chi connectivity index (χ0n) is 9.92. The van der Waals surface area contributed by atoms with Crippen LogP contribution in [-0.2, 0) is 0 Å². The third kappa shape index (κ3) is 2.05. The van der Waals surface area contributed by atoms with E-state index in [2.05, 4.69) is 26.0 Å². The van der Waals surface area contributed by atoms with Gasteiger partial charge in [-0.05, 0) is 30.3 Å². The Bertz CT molecular complexity index is 832. The Morgan fingerprint density at radius 1 is 1.30 bits per heavy atom. The molecule has 0 fully saturated rings. The molecule has 0 radical (unpaired) electrons. The van der Waals surface area contributed by atoms with Crippen molar-refractivity contribution in [1.29, 1.82) is 0 Å². The molecule has 1 aromatic carbocycles. The van der Waals surface area contributed by atoms with Gasteiger partial charge in [-0.3, -0.25) is 0 Å². The number of rotatable bonds is 2. The summed E-state index contributed by atoms with van der Waals surface area (Å²) in [5, 5.41) is 13.2. The second-order valence-electron chi connectivity index (χ2n) is 4.05. The standard InChI is InChI=1S/C13H7BrFN3O2/c14-7-4-5-9(15)8(6-7)12-16-11-3-1-2-10(13(19)20)18(11)17-12/h1-6H,(H,19,20). The topological polar surface area (TPSA) is 67.5 Å². The minimum atomic E-state index is -1.12. The molecule has 2 aromatic heterocycles. The van der Waals surface area contributed by atoms with Gasteiger partial charge in [0.25, 0.3) is 0 Å². The normalized spacial score (nSPS) is 10.9. The van der Waals surface area contributed by atoms with Crippen molar-refractivity contribution in [3.63, 3.8) is 0 Å². The van der Waals surface area contributed by atoms with E-state index in [0.717, 1.165) is 0 Å².